The van der Waals surface area contributed by atoms with Crippen LogP contribution in [0, 0.1) is 11.8 Å². The van der Waals surface area contributed by atoms with E-state index in [9.17, 15) is 5.11 Å². The number of hydrogen-bond donors (Lipinski definition) is 1. The molecule has 2 aliphatic carbocycles. The van der Waals surface area contributed by atoms with Crippen molar-refractivity contribution in [3.63, 3.8) is 0 Å². The summed E-state index contributed by atoms with van der Waals surface area (Å²) in [5.74, 6) is 1.95. The van der Waals surface area contributed by atoms with E-state index in [0.29, 0.717) is 6.04 Å². The summed E-state index contributed by atoms with van der Waals surface area (Å²) < 4.78 is 5.39. The zero-order valence-electron chi connectivity index (χ0n) is 9.98. The van der Waals surface area contributed by atoms with Gasteiger partial charge in [0.25, 0.3) is 0 Å². The third kappa shape index (κ3) is 2.27. The van der Waals surface area contributed by atoms with Crippen molar-refractivity contribution >= 4 is 0 Å². The van der Waals surface area contributed by atoms with E-state index < -0.39 is 0 Å². The minimum atomic E-state index is -0.0975. The fraction of sp³-hybridized carbons (Fsp3) is 1.00. The maximum atomic E-state index is 10.3. The molecule has 3 nitrogen and oxygen atoms in total. The molecule has 1 aliphatic heterocycles. The highest BCUT2D eigenvalue weighted by atomic mass is 16.5. The molecule has 0 bridgehead atoms. The van der Waals surface area contributed by atoms with Crippen molar-refractivity contribution in [2.24, 2.45) is 11.8 Å². The molecule has 0 spiro atoms. The quantitative estimate of drug-likeness (QED) is 0.729. The number of aliphatic hydroxyl groups excluding tert-OH is 1. The van der Waals surface area contributed by atoms with E-state index in [-0.39, 0.29) is 6.10 Å². The van der Waals surface area contributed by atoms with Gasteiger partial charge in [0.2, 0.25) is 0 Å². The average molecular weight is 225 g/mol. The Hall–Kier alpha value is -0.120. The first kappa shape index (κ1) is 11.0. The highest BCUT2D eigenvalue weighted by Crippen LogP contribution is 2.47. The largest absolute Gasteiger partial charge is 0.391 e. The molecule has 1 N–H and O–H groups in total. The molecule has 1 saturated heterocycles. The predicted molar refractivity (Wildman–Crippen MR) is 62.3 cm³/mol. The fourth-order valence-corrected chi connectivity index (χ4v) is 3.51. The molecular weight excluding hydrogens is 202 g/mol. The molecule has 3 fully saturated rings. The first-order chi connectivity index (χ1) is 7.84. The van der Waals surface area contributed by atoms with Crippen LogP contribution in [0.15, 0.2) is 0 Å². The summed E-state index contributed by atoms with van der Waals surface area (Å²) >= 11 is 0. The Bertz CT molecular complexity index is 240. The summed E-state index contributed by atoms with van der Waals surface area (Å²) in [6.07, 6.45) is 6.14. The number of rotatable bonds is 1. The van der Waals surface area contributed by atoms with Crippen LogP contribution in [0.4, 0.5) is 0 Å². The first-order valence-electron chi connectivity index (χ1n) is 6.84. The Morgan fingerprint density at radius 3 is 2.38 bits per heavy atom. The second-order valence-electron chi connectivity index (χ2n) is 5.69. The lowest BCUT2D eigenvalue weighted by Gasteiger charge is -2.38. The number of fused-ring (bicyclic) bond motifs is 1. The van der Waals surface area contributed by atoms with Crippen molar-refractivity contribution in [1.82, 2.24) is 4.90 Å². The minimum absolute atomic E-state index is 0.0975. The first-order valence-corrected chi connectivity index (χ1v) is 6.84. The molecule has 3 heteroatoms. The van der Waals surface area contributed by atoms with Crippen molar-refractivity contribution in [2.75, 3.05) is 26.3 Å². The predicted octanol–water partition coefficient (Wildman–Crippen LogP) is 1.26. The van der Waals surface area contributed by atoms with Crippen LogP contribution >= 0.6 is 0 Å². The summed E-state index contributed by atoms with van der Waals surface area (Å²) in [6.45, 7) is 3.70. The standard InChI is InChI=1S/C13H23NO2/c15-13-4-2-11-9-10(11)1-3-12(13)14-5-7-16-8-6-14/h10-13,15H,1-9H2/t10-,11+,12-,13+/m0/s1. The van der Waals surface area contributed by atoms with Gasteiger partial charge in [0.15, 0.2) is 0 Å². The molecule has 0 unspecified atom stereocenters. The monoisotopic (exact) mass is 225 g/mol. The lowest BCUT2D eigenvalue weighted by Crippen LogP contribution is -2.49. The Morgan fingerprint density at radius 2 is 1.62 bits per heavy atom. The molecule has 0 aromatic heterocycles. The number of ether oxygens (including phenoxy) is 1. The average Bonchev–Trinajstić information content (AvgIpc) is 3.04. The molecule has 0 radical (unpaired) electrons. The molecular formula is C13H23NO2. The van der Waals surface area contributed by atoms with Crippen LogP contribution < -0.4 is 0 Å². The maximum Gasteiger partial charge on any atom is 0.0695 e. The third-order valence-corrected chi connectivity index (χ3v) is 4.69. The van der Waals surface area contributed by atoms with E-state index in [4.69, 9.17) is 4.74 Å². The van der Waals surface area contributed by atoms with Crippen molar-refractivity contribution in [2.45, 2.75) is 44.2 Å². The lowest BCUT2D eigenvalue weighted by molar-refractivity contribution is -0.0299. The number of nitrogens with zero attached hydrogens (tertiary/aromatic N) is 1. The normalized spacial score (nSPS) is 45.6. The van der Waals surface area contributed by atoms with E-state index in [0.717, 1.165) is 44.6 Å². The van der Waals surface area contributed by atoms with E-state index in [1.54, 1.807) is 0 Å². The second kappa shape index (κ2) is 4.63. The van der Waals surface area contributed by atoms with Gasteiger partial charge in [-0.2, -0.15) is 0 Å². The van der Waals surface area contributed by atoms with Gasteiger partial charge in [-0.05, 0) is 43.9 Å². The Labute approximate surface area is 97.8 Å². The van der Waals surface area contributed by atoms with Crippen LogP contribution in [0.1, 0.15) is 32.1 Å². The highest BCUT2D eigenvalue weighted by Gasteiger charge is 2.40. The van der Waals surface area contributed by atoms with Crippen molar-refractivity contribution in [3.05, 3.63) is 0 Å². The van der Waals surface area contributed by atoms with Crippen molar-refractivity contribution < 1.29 is 9.84 Å². The van der Waals surface area contributed by atoms with Gasteiger partial charge in [0.05, 0.1) is 19.3 Å². The topological polar surface area (TPSA) is 32.7 Å². The Morgan fingerprint density at radius 1 is 0.938 bits per heavy atom. The van der Waals surface area contributed by atoms with Crippen LogP contribution in [-0.2, 0) is 4.74 Å². The van der Waals surface area contributed by atoms with Crippen LogP contribution in [0.5, 0.6) is 0 Å². The number of aliphatic hydroxyl groups is 1. The van der Waals surface area contributed by atoms with Crippen LogP contribution in [-0.4, -0.2) is 48.5 Å². The molecule has 92 valence electrons. The zero-order valence-corrected chi connectivity index (χ0v) is 9.98. The fourth-order valence-electron chi connectivity index (χ4n) is 3.51. The summed E-state index contributed by atoms with van der Waals surface area (Å²) in [5, 5.41) is 10.3. The molecule has 0 amide bonds. The molecule has 0 aromatic carbocycles. The molecule has 2 saturated carbocycles. The van der Waals surface area contributed by atoms with E-state index in [1.807, 2.05) is 0 Å². The summed E-state index contributed by atoms with van der Waals surface area (Å²) in [5.41, 5.74) is 0. The smallest absolute Gasteiger partial charge is 0.0695 e. The molecule has 3 rings (SSSR count). The van der Waals surface area contributed by atoms with Crippen molar-refractivity contribution in [1.29, 1.82) is 0 Å². The van der Waals surface area contributed by atoms with Crippen molar-refractivity contribution in [3.8, 4) is 0 Å². The summed E-state index contributed by atoms with van der Waals surface area (Å²) in [6, 6.07) is 0.408. The third-order valence-electron chi connectivity index (χ3n) is 4.69. The SMILES string of the molecule is O[C@@H]1CC[C@@H]2C[C@@H]2CC[C@@H]1N1CCOCC1. The van der Waals surface area contributed by atoms with Gasteiger partial charge < -0.3 is 9.84 Å². The molecule has 1 heterocycles. The maximum absolute atomic E-state index is 10.3. The van der Waals surface area contributed by atoms with Crippen LogP contribution in [0.25, 0.3) is 0 Å². The van der Waals surface area contributed by atoms with Gasteiger partial charge in [-0.1, -0.05) is 0 Å². The van der Waals surface area contributed by atoms with Gasteiger partial charge >= 0.3 is 0 Å². The molecule has 3 aliphatic rings. The lowest BCUT2D eigenvalue weighted by atomic mass is 9.93. The molecule has 0 aromatic rings. The number of hydrogen-bond acceptors (Lipinski definition) is 3. The second-order valence-corrected chi connectivity index (χ2v) is 5.69. The van der Waals surface area contributed by atoms with Gasteiger partial charge in [-0.3, -0.25) is 4.90 Å². The Balaban J connectivity index is 1.61. The van der Waals surface area contributed by atoms with E-state index in [2.05, 4.69) is 4.90 Å². The van der Waals surface area contributed by atoms with Gasteiger partial charge in [-0.15, -0.1) is 0 Å². The van der Waals surface area contributed by atoms with Gasteiger partial charge in [0, 0.05) is 19.1 Å². The van der Waals surface area contributed by atoms with E-state index in [1.165, 1.54) is 25.7 Å². The Kier molecular flexibility index (Phi) is 3.18. The number of morpholine rings is 1. The van der Waals surface area contributed by atoms with Crippen LogP contribution in [0.3, 0.4) is 0 Å². The van der Waals surface area contributed by atoms with Crippen LogP contribution in [0.2, 0.25) is 0 Å². The highest BCUT2D eigenvalue weighted by molar-refractivity contribution is 4.93. The summed E-state index contributed by atoms with van der Waals surface area (Å²) in [7, 11) is 0. The van der Waals surface area contributed by atoms with Gasteiger partial charge in [0.1, 0.15) is 0 Å². The van der Waals surface area contributed by atoms with E-state index >= 15 is 0 Å². The van der Waals surface area contributed by atoms with Gasteiger partial charge in [-0.25, -0.2) is 0 Å². The summed E-state index contributed by atoms with van der Waals surface area (Å²) in [4.78, 5) is 2.46. The zero-order chi connectivity index (χ0) is 11.0. The minimum Gasteiger partial charge on any atom is -0.391 e. The molecule has 4 atom stereocenters. The molecule has 16 heavy (non-hydrogen) atoms.